The van der Waals surface area contributed by atoms with E-state index in [2.05, 4.69) is 18.7 Å². The van der Waals surface area contributed by atoms with Gasteiger partial charge in [0.2, 0.25) is 0 Å². The number of rotatable bonds is 5. The van der Waals surface area contributed by atoms with Crippen LogP contribution >= 0.6 is 0 Å². The van der Waals surface area contributed by atoms with E-state index in [1.54, 1.807) is 7.11 Å². The van der Waals surface area contributed by atoms with Gasteiger partial charge in [0.25, 0.3) is 0 Å². The fourth-order valence-corrected chi connectivity index (χ4v) is 0.760. The minimum absolute atomic E-state index is 0. The predicted octanol–water partition coefficient (Wildman–Crippen LogP) is 2.64. The van der Waals surface area contributed by atoms with Gasteiger partial charge < -0.3 is 9.64 Å². The van der Waals surface area contributed by atoms with Crippen molar-refractivity contribution in [3.63, 3.8) is 0 Å². The standard InChI is InChI=1S/C7H17NO.C2H6.CH4/c1-4-8(5-2)6-7-9-3;1-2;/h4-7H2,1-3H3;1-2H3;1H4. The number of nitrogens with zero attached hydrogens (tertiary/aromatic N) is 1. The first-order chi connectivity index (χ1) is 5.35. The molecule has 0 aliphatic carbocycles. The largest absolute Gasteiger partial charge is 0.383 e. The maximum atomic E-state index is 4.93. The second-order valence-corrected chi connectivity index (χ2v) is 2.02. The van der Waals surface area contributed by atoms with Crippen LogP contribution in [-0.2, 0) is 4.74 Å². The van der Waals surface area contributed by atoms with Gasteiger partial charge in [0.1, 0.15) is 0 Å². The monoisotopic (exact) mass is 177 g/mol. The van der Waals surface area contributed by atoms with Crippen LogP contribution in [0, 0.1) is 0 Å². The molecule has 0 atom stereocenters. The first-order valence-electron chi connectivity index (χ1n) is 4.56. The fraction of sp³-hybridized carbons (Fsp3) is 1.00. The normalized spacial score (nSPS) is 8.50. The van der Waals surface area contributed by atoms with Gasteiger partial charge in [-0.3, -0.25) is 0 Å². The van der Waals surface area contributed by atoms with Crippen molar-refractivity contribution in [2.75, 3.05) is 33.4 Å². The van der Waals surface area contributed by atoms with Crippen LogP contribution < -0.4 is 0 Å². The Labute approximate surface area is 78.9 Å². The van der Waals surface area contributed by atoms with E-state index in [4.69, 9.17) is 4.74 Å². The summed E-state index contributed by atoms with van der Waals surface area (Å²) in [4.78, 5) is 2.34. The van der Waals surface area contributed by atoms with Crippen molar-refractivity contribution in [2.24, 2.45) is 0 Å². The summed E-state index contributed by atoms with van der Waals surface area (Å²) in [6, 6.07) is 0. The third-order valence-corrected chi connectivity index (χ3v) is 1.51. The topological polar surface area (TPSA) is 12.5 Å². The summed E-state index contributed by atoms with van der Waals surface area (Å²) in [5.74, 6) is 0. The lowest BCUT2D eigenvalue weighted by molar-refractivity contribution is 0.154. The highest BCUT2D eigenvalue weighted by Gasteiger charge is 1.95. The van der Waals surface area contributed by atoms with Crippen LogP contribution in [0.25, 0.3) is 0 Å². The van der Waals surface area contributed by atoms with E-state index < -0.39 is 0 Å². The number of hydrogen-bond acceptors (Lipinski definition) is 2. The summed E-state index contributed by atoms with van der Waals surface area (Å²) in [7, 11) is 1.74. The highest BCUT2D eigenvalue weighted by Crippen LogP contribution is 1.84. The molecule has 12 heavy (non-hydrogen) atoms. The third kappa shape index (κ3) is 12.6. The molecule has 0 rings (SSSR count). The second-order valence-electron chi connectivity index (χ2n) is 2.02. The summed E-state index contributed by atoms with van der Waals surface area (Å²) >= 11 is 0. The van der Waals surface area contributed by atoms with Gasteiger partial charge in [0.05, 0.1) is 6.61 Å². The smallest absolute Gasteiger partial charge is 0.0589 e. The maximum Gasteiger partial charge on any atom is 0.0589 e. The molecule has 78 valence electrons. The van der Waals surface area contributed by atoms with Crippen LogP contribution in [0.2, 0.25) is 0 Å². The predicted molar refractivity (Wildman–Crippen MR) is 57.7 cm³/mol. The summed E-state index contributed by atoms with van der Waals surface area (Å²) in [5, 5.41) is 0. The van der Waals surface area contributed by atoms with Crippen molar-refractivity contribution < 1.29 is 4.74 Å². The SMILES string of the molecule is C.CC.CCN(CC)CCOC. The summed E-state index contributed by atoms with van der Waals surface area (Å²) in [5.41, 5.74) is 0. The molecule has 2 nitrogen and oxygen atoms in total. The quantitative estimate of drug-likeness (QED) is 0.640. The molecule has 0 spiro atoms. The molecule has 0 fully saturated rings. The average Bonchev–Trinajstić information content (AvgIpc) is 2.10. The molecular formula is C10H27NO. The molecule has 0 bridgehead atoms. The first kappa shape index (κ1) is 17.9. The average molecular weight is 177 g/mol. The first-order valence-corrected chi connectivity index (χ1v) is 4.56. The summed E-state index contributed by atoms with van der Waals surface area (Å²) in [6.07, 6.45) is 0. The van der Waals surface area contributed by atoms with Crippen molar-refractivity contribution in [1.82, 2.24) is 4.90 Å². The number of hydrogen-bond donors (Lipinski definition) is 0. The number of likely N-dealkylation sites (N-methyl/N-ethyl adjacent to an activating group) is 1. The van der Waals surface area contributed by atoms with Crippen molar-refractivity contribution in [1.29, 1.82) is 0 Å². The lowest BCUT2D eigenvalue weighted by Crippen LogP contribution is -2.26. The molecule has 0 aromatic heterocycles. The Hall–Kier alpha value is -0.0800. The zero-order valence-corrected chi connectivity index (χ0v) is 8.68. The zero-order chi connectivity index (χ0) is 9.11. The highest BCUT2D eigenvalue weighted by molar-refractivity contribution is 4.48. The molecule has 0 aliphatic heterocycles. The third-order valence-electron chi connectivity index (χ3n) is 1.51. The molecule has 0 heterocycles. The fourth-order valence-electron chi connectivity index (χ4n) is 0.760. The molecule has 0 aromatic carbocycles. The van der Waals surface area contributed by atoms with Gasteiger partial charge in [-0.2, -0.15) is 0 Å². The van der Waals surface area contributed by atoms with Gasteiger partial charge in [0, 0.05) is 13.7 Å². The molecule has 2 heteroatoms. The van der Waals surface area contributed by atoms with Crippen LogP contribution in [0.1, 0.15) is 35.1 Å². The minimum atomic E-state index is 0. The van der Waals surface area contributed by atoms with Gasteiger partial charge >= 0.3 is 0 Å². The van der Waals surface area contributed by atoms with Crippen LogP contribution in [0.15, 0.2) is 0 Å². The zero-order valence-electron chi connectivity index (χ0n) is 8.68. The Balaban J connectivity index is -0.000000249. The molecule has 0 radical (unpaired) electrons. The van der Waals surface area contributed by atoms with Crippen molar-refractivity contribution >= 4 is 0 Å². The van der Waals surface area contributed by atoms with Crippen molar-refractivity contribution in [3.8, 4) is 0 Å². The van der Waals surface area contributed by atoms with E-state index >= 15 is 0 Å². The molecule has 0 aliphatic rings. The van der Waals surface area contributed by atoms with Gasteiger partial charge in [0.15, 0.2) is 0 Å². The molecule has 0 unspecified atom stereocenters. The van der Waals surface area contributed by atoms with E-state index in [1.807, 2.05) is 13.8 Å². The second kappa shape index (κ2) is 17.1. The van der Waals surface area contributed by atoms with Crippen LogP contribution in [0.3, 0.4) is 0 Å². The molecule has 0 amide bonds. The van der Waals surface area contributed by atoms with Gasteiger partial charge in [-0.25, -0.2) is 0 Å². The van der Waals surface area contributed by atoms with Crippen LogP contribution in [0.5, 0.6) is 0 Å². The highest BCUT2D eigenvalue weighted by atomic mass is 16.5. The lowest BCUT2D eigenvalue weighted by atomic mass is 10.5. The van der Waals surface area contributed by atoms with E-state index in [-0.39, 0.29) is 7.43 Å². The Morgan fingerprint density at radius 1 is 1.08 bits per heavy atom. The Morgan fingerprint density at radius 3 is 1.75 bits per heavy atom. The molecule has 0 aromatic rings. The molecule has 0 saturated heterocycles. The Morgan fingerprint density at radius 2 is 1.50 bits per heavy atom. The minimum Gasteiger partial charge on any atom is -0.383 e. The van der Waals surface area contributed by atoms with E-state index in [9.17, 15) is 0 Å². The van der Waals surface area contributed by atoms with Crippen molar-refractivity contribution in [2.45, 2.75) is 35.1 Å². The van der Waals surface area contributed by atoms with Crippen molar-refractivity contribution in [3.05, 3.63) is 0 Å². The van der Waals surface area contributed by atoms with E-state index in [1.165, 1.54) is 0 Å². The molecule has 0 N–H and O–H groups in total. The maximum absolute atomic E-state index is 4.93. The van der Waals surface area contributed by atoms with E-state index in [0.29, 0.717) is 0 Å². The number of ether oxygens (including phenoxy) is 1. The van der Waals surface area contributed by atoms with Gasteiger partial charge in [-0.05, 0) is 13.1 Å². The van der Waals surface area contributed by atoms with Gasteiger partial charge in [-0.1, -0.05) is 35.1 Å². The lowest BCUT2D eigenvalue weighted by Gasteiger charge is -2.16. The molecular weight excluding hydrogens is 150 g/mol. The number of methoxy groups -OCH3 is 1. The summed E-state index contributed by atoms with van der Waals surface area (Å²) in [6.45, 7) is 12.5. The Bertz CT molecular complexity index is 53.8. The van der Waals surface area contributed by atoms with E-state index in [0.717, 1.165) is 26.2 Å². The van der Waals surface area contributed by atoms with Crippen LogP contribution in [0.4, 0.5) is 0 Å². The van der Waals surface area contributed by atoms with Gasteiger partial charge in [-0.15, -0.1) is 0 Å². The molecule has 0 saturated carbocycles. The van der Waals surface area contributed by atoms with Crippen LogP contribution in [-0.4, -0.2) is 38.3 Å². The summed E-state index contributed by atoms with van der Waals surface area (Å²) < 4.78 is 4.93. The Kier molecular flexibility index (Phi) is 25.5.